The summed E-state index contributed by atoms with van der Waals surface area (Å²) < 4.78 is 57.7. The molecule has 0 spiro atoms. The summed E-state index contributed by atoms with van der Waals surface area (Å²) in [4.78, 5) is 2.23. The van der Waals surface area contributed by atoms with E-state index in [-0.39, 0.29) is 0 Å². The second-order valence-corrected chi connectivity index (χ2v) is 4.57. The van der Waals surface area contributed by atoms with Crippen molar-refractivity contribution >= 4 is 21.4 Å². The van der Waals surface area contributed by atoms with Crippen LogP contribution in [-0.2, 0) is 9.84 Å². The second kappa shape index (κ2) is 3.39. The van der Waals surface area contributed by atoms with Gasteiger partial charge in [-0.25, -0.2) is 8.42 Å². The van der Waals surface area contributed by atoms with Gasteiger partial charge in [-0.2, -0.15) is 13.2 Å². The molecule has 14 heavy (non-hydrogen) atoms. The van der Waals surface area contributed by atoms with Gasteiger partial charge in [0.1, 0.15) is 4.90 Å². The number of halogens is 4. The summed E-state index contributed by atoms with van der Waals surface area (Å²) in [6, 6.07) is 0.972. The van der Waals surface area contributed by atoms with Crippen molar-refractivity contribution in [3.8, 4) is 0 Å². The predicted octanol–water partition coefficient (Wildman–Crippen LogP) is 2.03. The molecule has 3 nitrogen and oxygen atoms in total. The van der Waals surface area contributed by atoms with Crippen molar-refractivity contribution in [1.29, 1.82) is 0 Å². The van der Waals surface area contributed by atoms with Crippen LogP contribution >= 0.6 is 11.6 Å². The van der Waals surface area contributed by atoms with E-state index in [1.54, 1.807) is 0 Å². The minimum atomic E-state index is -5.40. The number of hydrogen-bond donors (Lipinski definition) is 0. The van der Waals surface area contributed by atoms with Crippen LogP contribution in [0, 0.1) is 0 Å². The van der Waals surface area contributed by atoms with Crippen LogP contribution in [0.25, 0.3) is 0 Å². The van der Waals surface area contributed by atoms with Crippen LogP contribution in [0.3, 0.4) is 0 Å². The summed E-state index contributed by atoms with van der Waals surface area (Å²) in [5.74, 6) is 0. The van der Waals surface area contributed by atoms with Crippen molar-refractivity contribution in [2.45, 2.75) is 10.4 Å². The first-order valence-electron chi connectivity index (χ1n) is 3.17. The van der Waals surface area contributed by atoms with Crippen LogP contribution in [-0.4, -0.2) is 18.9 Å². The van der Waals surface area contributed by atoms with Gasteiger partial charge < -0.3 is 0 Å². The van der Waals surface area contributed by atoms with Gasteiger partial charge >= 0.3 is 5.51 Å². The SMILES string of the molecule is O=S(=O)(c1cnccc1Cl)C(F)(F)F. The number of nitrogens with zero attached hydrogens (tertiary/aromatic N) is 1. The molecule has 1 aromatic rings. The molecule has 0 amide bonds. The lowest BCUT2D eigenvalue weighted by Gasteiger charge is -2.08. The van der Waals surface area contributed by atoms with Gasteiger partial charge in [-0.15, -0.1) is 0 Å². The third-order valence-corrected chi connectivity index (χ3v) is 3.28. The van der Waals surface area contributed by atoms with Crippen LogP contribution in [0.2, 0.25) is 5.02 Å². The molecule has 1 heterocycles. The van der Waals surface area contributed by atoms with E-state index in [4.69, 9.17) is 11.6 Å². The van der Waals surface area contributed by atoms with Crippen molar-refractivity contribution in [3.63, 3.8) is 0 Å². The Labute approximate surface area is 82.4 Å². The fourth-order valence-corrected chi connectivity index (χ4v) is 1.87. The molecule has 1 rings (SSSR count). The van der Waals surface area contributed by atoms with Crippen molar-refractivity contribution in [2.75, 3.05) is 0 Å². The maximum absolute atomic E-state index is 12.0. The molecule has 0 unspecified atom stereocenters. The molecule has 0 aromatic carbocycles. The number of sulfone groups is 1. The van der Waals surface area contributed by atoms with E-state index in [1.165, 1.54) is 0 Å². The number of rotatable bonds is 1. The average molecular weight is 246 g/mol. The molecular weight excluding hydrogens is 243 g/mol. The lowest BCUT2D eigenvalue weighted by Crippen LogP contribution is -2.23. The molecule has 0 saturated carbocycles. The Kier molecular flexibility index (Phi) is 2.73. The third kappa shape index (κ3) is 1.83. The Morgan fingerprint density at radius 1 is 1.36 bits per heavy atom. The highest BCUT2D eigenvalue weighted by Gasteiger charge is 2.48. The number of aromatic nitrogens is 1. The largest absolute Gasteiger partial charge is 0.502 e. The van der Waals surface area contributed by atoms with E-state index in [0.717, 1.165) is 12.3 Å². The number of alkyl halides is 3. The molecule has 0 aliphatic rings. The van der Waals surface area contributed by atoms with E-state index < -0.39 is 25.3 Å². The van der Waals surface area contributed by atoms with Gasteiger partial charge in [-0.1, -0.05) is 11.6 Å². The van der Waals surface area contributed by atoms with Gasteiger partial charge in [0.2, 0.25) is 0 Å². The molecule has 0 fully saturated rings. The predicted molar refractivity (Wildman–Crippen MR) is 42.5 cm³/mol. The van der Waals surface area contributed by atoms with E-state index in [0.29, 0.717) is 6.20 Å². The van der Waals surface area contributed by atoms with Crippen molar-refractivity contribution in [1.82, 2.24) is 4.98 Å². The highest BCUT2D eigenvalue weighted by Crippen LogP contribution is 2.33. The molecule has 0 atom stereocenters. The zero-order chi connectivity index (χ0) is 11.0. The summed E-state index contributed by atoms with van der Waals surface area (Å²) in [5.41, 5.74) is -5.36. The van der Waals surface area contributed by atoms with Gasteiger partial charge in [-0.3, -0.25) is 4.98 Å². The van der Waals surface area contributed by atoms with Gasteiger partial charge in [-0.05, 0) is 6.07 Å². The monoisotopic (exact) mass is 245 g/mol. The first kappa shape index (κ1) is 11.3. The van der Waals surface area contributed by atoms with Gasteiger partial charge in [0.15, 0.2) is 0 Å². The number of pyridine rings is 1. The summed E-state index contributed by atoms with van der Waals surface area (Å²) in [7, 11) is -5.40. The minimum Gasteiger partial charge on any atom is -0.263 e. The van der Waals surface area contributed by atoms with Crippen LogP contribution in [0.15, 0.2) is 23.4 Å². The smallest absolute Gasteiger partial charge is 0.263 e. The molecule has 0 aliphatic carbocycles. The van der Waals surface area contributed by atoms with Crippen LogP contribution < -0.4 is 0 Å². The molecule has 0 saturated heterocycles. The lowest BCUT2D eigenvalue weighted by molar-refractivity contribution is -0.0436. The highest BCUT2D eigenvalue weighted by molar-refractivity contribution is 7.92. The minimum absolute atomic E-state index is 0.502. The van der Waals surface area contributed by atoms with E-state index in [9.17, 15) is 21.6 Å². The van der Waals surface area contributed by atoms with Crippen molar-refractivity contribution < 1.29 is 21.6 Å². The fraction of sp³-hybridized carbons (Fsp3) is 0.167. The van der Waals surface area contributed by atoms with Gasteiger partial charge in [0.05, 0.1) is 5.02 Å². The van der Waals surface area contributed by atoms with Crippen LogP contribution in [0.4, 0.5) is 13.2 Å². The van der Waals surface area contributed by atoms with Crippen LogP contribution in [0.5, 0.6) is 0 Å². The molecule has 1 aromatic heterocycles. The number of hydrogen-bond acceptors (Lipinski definition) is 3. The quantitative estimate of drug-likeness (QED) is 0.761. The van der Waals surface area contributed by atoms with Gasteiger partial charge in [0.25, 0.3) is 9.84 Å². The molecule has 8 heteroatoms. The molecule has 0 aliphatic heterocycles. The Balaban J connectivity index is 3.40. The lowest BCUT2D eigenvalue weighted by atomic mass is 10.5. The molecule has 78 valence electrons. The van der Waals surface area contributed by atoms with Gasteiger partial charge in [0, 0.05) is 12.4 Å². The summed E-state index contributed by atoms with van der Waals surface area (Å²) in [6.07, 6.45) is 1.66. The topological polar surface area (TPSA) is 47.0 Å². The molecule has 0 N–H and O–H groups in total. The van der Waals surface area contributed by atoms with E-state index in [1.807, 2.05) is 0 Å². The second-order valence-electron chi connectivity index (χ2n) is 2.26. The standard InChI is InChI=1S/C6H3ClF3NO2S/c7-4-1-2-11-3-5(4)14(12,13)6(8,9)10/h1-3H. The first-order valence-corrected chi connectivity index (χ1v) is 5.04. The Morgan fingerprint density at radius 2 is 1.93 bits per heavy atom. The normalized spacial score (nSPS) is 12.9. The molecule has 0 bridgehead atoms. The maximum atomic E-state index is 12.0. The summed E-state index contributed by atoms with van der Waals surface area (Å²) in [5, 5.41) is -0.502. The van der Waals surface area contributed by atoms with E-state index >= 15 is 0 Å². The van der Waals surface area contributed by atoms with Crippen LogP contribution in [0.1, 0.15) is 0 Å². The fourth-order valence-electron chi connectivity index (χ4n) is 0.685. The Bertz CT molecular complexity index is 443. The highest BCUT2D eigenvalue weighted by atomic mass is 35.5. The van der Waals surface area contributed by atoms with Crippen molar-refractivity contribution in [3.05, 3.63) is 23.5 Å². The first-order chi connectivity index (χ1) is 6.27. The average Bonchev–Trinajstić information content (AvgIpc) is 2.02. The zero-order valence-corrected chi connectivity index (χ0v) is 7.99. The Morgan fingerprint density at radius 3 is 2.36 bits per heavy atom. The summed E-state index contributed by atoms with van der Waals surface area (Å²) in [6.45, 7) is 0. The third-order valence-electron chi connectivity index (χ3n) is 1.33. The zero-order valence-electron chi connectivity index (χ0n) is 6.42. The Hall–Kier alpha value is -0.820. The molecular formula is C6H3ClF3NO2S. The van der Waals surface area contributed by atoms with Crippen molar-refractivity contribution in [2.24, 2.45) is 0 Å². The summed E-state index contributed by atoms with van der Waals surface area (Å²) >= 11 is 5.30. The maximum Gasteiger partial charge on any atom is 0.502 e. The molecule has 0 radical (unpaired) electrons. The van der Waals surface area contributed by atoms with E-state index in [2.05, 4.69) is 4.98 Å².